The van der Waals surface area contributed by atoms with Crippen LogP contribution in [0.1, 0.15) is 12.5 Å². The van der Waals surface area contributed by atoms with Gasteiger partial charge in [0.1, 0.15) is 6.54 Å². The van der Waals surface area contributed by atoms with Crippen molar-refractivity contribution in [3.05, 3.63) is 35.1 Å². The maximum absolute atomic E-state index is 12.7. The third-order valence-electron chi connectivity index (χ3n) is 4.76. The first-order valence-electron chi connectivity index (χ1n) is 9.70. The van der Waals surface area contributed by atoms with Crippen molar-refractivity contribution in [3.8, 4) is 11.5 Å². The molecule has 9 nitrogen and oxygen atoms in total. The van der Waals surface area contributed by atoms with Crippen LogP contribution in [0, 0.1) is 0 Å². The number of guanidine groups is 1. The second kappa shape index (κ2) is 11.4. The highest BCUT2D eigenvalue weighted by atomic mass is 127. The highest BCUT2D eigenvalue weighted by Gasteiger charge is 2.27. The lowest BCUT2D eigenvalue weighted by molar-refractivity contribution is -0.120. The SMILES string of the molecule is CCOc1c(Cl)cc(CNC(=NC)N2CCN(c3cnn(C)c3)C(=O)C2)cc1OC.I. The van der Waals surface area contributed by atoms with Gasteiger partial charge >= 0.3 is 0 Å². The van der Waals surface area contributed by atoms with E-state index in [1.54, 1.807) is 29.9 Å². The summed E-state index contributed by atoms with van der Waals surface area (Å²) in [6.45, 7) is 4.33. The summed E-state index contributed by atoms with van der Waals surface area (Å²) < 4.78 is 12.6. The van der Waals surface area contributed by atoms with Gasteiger partial charge in [0.25, 0.3) is 0 Å². The zero-order valence-electron chi connectivity index (χ0n) is 18.1. The van der Waals surface area contributed by atoms with Crippen LogP contribution in [0.4, 0.5) is 5.69 Å². The van der Waals surface area contributed by atoms with Crippen molar-refractivity contribution < 1.29 is 14.3 Å². The fraction of sp³-hybridized carbons (Fsp3) is 0.450. The van der Waals surface area contributed by atoms with Crippen LogP contribution in [0.5, 0.6) is 11.5 Å². The molecule has 0 bridgehead atoms. The molecule has 2 aromatic rings. The molecule has 2 heterocycles. The number of nitrogens with one attached hydrogen (secondary N) is 1. The maximum Gasteiger partial charge on any atom is 0.246 e. The molecule has 11 heteroatoms. The number of carbonyl (C=O) groups is 1. The Morgan fingerprint density at radius 3 is 2.71 bits per heavy atom. The first-order valence-corrected chi connectivity index (χ1v) is 10.1. The molecule has 1 saturated heterocycles. The van der Waals surface area contributed by atoms with Crippen LogP contribution in [0.25, 0.3) is 0 Å². The van der Waals surface area contributed by atoms with Crippen LogP contribution in [0.3, 0.4) is 0 Å². The lowest BCUT2D eigenvalue weighted by Crippen LogP contribution is -2.55. The Kier molecular flexibility index (Phi) is 9.23. The van der Waals surface area contributed by atoms with E-state index in [0.29, 0.717) is 48.7 Å². The van der Waals surface area contributed by atoms with E-state index in [9.17, 15) is 4.79 Å². The van der Waals surface area contributed by atoms with Crippen molar-refractivity contribution in [2.45, 2.75) is 13.5 Å². The molecule has 1 aromatic carbocycles. The number of methoxy groups -OCH3 is 1. The molecule has 0 spiro atoms. The first-order chi connectivity index (χ1) is 14.5. The number of anilines is 1. The van der Waals surface area contributed by atoms with Gasteiger partial charge in [-0.1, -0.05) is 11.6 Å². The monoisotopic (exact) mass is 562 g/mol. The highest BCUT2D eigenvalue weighted by molar-refractivity contribution is 14.0. The molecule has 0 aliphatic carbocycles. The van der Waals surface area contributed by atoms with E-state index in [1.807, 2.05) is 37.2 Å². The molecular weight excluding hydrogens is 535 g/mol. The average Bonchev–Trinajstić information content (AvgIpc) is 3.16. The molecule has 1 aromatic heterocycles. The number of nitrogens with zero attached hydrogens (tertiary/aromatic N) is 5. The number of benzene rings is 1. The van der Waals surface area contributed by atoms with Crippen molar-refractivity contribution in [3.63, 3.8) is 0 Å². The summed E-state index contributed by atoms with van der Waals surface area (Å²) in [5, 5.41) is 7.93. The maximum atomic E-state index is 12.7. The molecule has 1 fully saturated rings. The quantitative estimate of drug-likeness (QED) is 0.331. The Morgan fingerprint density at radius 1 is 1.35 bits per heavy atom. The van der Waals surface area contributed by atoms with Gasteiger partial charge in [-0.15, -0.1) is 24.0 Å². The van der Waals surface area contributed by atoms with Gasteiger partial charge in [0.15, 0.2) is 17.5 Å². The predicted octanol–water partition coefficient (Wildman–Crippen LogP) is 2.52. The van der Waals surface area contributed by atoms with E-state index in [1.165, 1.54) is 0 Å². The van der Waals surface area contributed by atoms with Crippen molar-refractivity contribution in [2.75, 3.05) is 45.3 Å². The van der Waals surface area contributed by atoms with Gasteiger partial charge in [0, 0.05) is 39.9 Å². The predicted molar refractivity (Wildman–Crippen MR) is 132 cm³/mol. The molecule has 0 unspecified atom stereocenters. The highest BCUT2D eigenvalue weighted by Crippen LogP contribution is 2.36. The van der Waals surface area contributed by atoms with Gasteiger partial charge < -0.3 is 24.6 Å². The number of ether oxygens (including phenoxy) is 2. The number of halogens is 2. The third-order valence-corrected chi connectivity index (χ3v) is 5.04. The smallest absolute Gasteiger partial charge is 0.246 e. The number of rotatable bonds is 6. The first kappa shape index (κ1) is 25.1. The Balaban J connectivity index is 0.00000341. The molecule has 0 saturated carbocycles. The number of piperazine rings is 1. The number of aliphatic imine (C=N–C) groups is 1. The summed E-state index contributed by atoms with van der Waals surface area (Å²) in [5.41, 5.74) is 1.72. The third kappa shape index (κ3) is 5.94. The van der Waals surface area contributed by atoms with Crippen LogP contribution >= 0.6 is 35.6 Å². The van der Waals surface area contributed by atoms with Gasteiger partial charge in [-0.25, -0.2) is 0 Å². The fourth-order valence-corrected chi connectivity index (χ4v) is 3.64. The van der Waals surface area contributed by atoms with Crippen LogP contribution in [-0.2, 0) is 18.4 Å². The molecule has 3 rings (SSSR count). The largest absolute Gasteiger partial charge is 0.493 e. The van der Waals surface area contributed by atoms with Gasteiger partial charge in [0.05, 0.1) is 30.6 Å². The molecule has 1 N–H and O–H groups in total. The minimum Gasteiger partial charge on any atom is -0.493 e. The van der Waals surface area contributed by atoms with Crippen molar-refractivity contribution in [1.29, 1.82) is 0 Å². The number of aryl methyl sites for hydroxylation is 1. The number of hydrogen-bond acceptors (Lipinski definition) is 5. The van der Waals surface area contributed by atoms with Crippen molar-refractivity contribution in [1.82, 2.24) is 20.0 Å². The minimum atomic E-state index is 0. The molecule has 1 aliphatic heterocycles. The van der Waals surface area contributed by atoms with Crippen LogP contribution < -0.4 is 19.7 Å². The molecule has 31 heavy (non-hydrogen) atoms. The van der Waals surface area contributed by atoms with E-state index >= 15 is 0 Å². The summed E-state index contributed by atoms with van der Waals surface area (Å²) in [4.78, 5) is 20.7. The minimum absolute atomic E-state index is 0. The molecule has 0 atom stereocenters. The topological polar surface area (TPSA) is 84.2 Å². The summed E-state index contributed by atoms with van der Waals surface area (Å²) in [6.07, 6.45) is 3.54. The lowest BCUT2D eigenvalue weighted by atomic mass is 10.2. The standard InChI is InChI=1S/C20H27ClN6O3.HI/c1-5-30-19-16(21)8-14(9-17(19)29-4)10-23-20(22-2)26-6-7-27(18(28)13-26)15-11-24-25(3)12-15;/h8-9,11-12H,5-7,10,13H2,1-4H3,(H,22,23);1H. The van der Waals surface area contributed by atoms with Crippen molar-refractivity contribution >= 4 is 53.1 Å². The van der Waals surface area contributed by atoms with Crippen molar-refractivity contribution in [2.24, 2.45) is 12.0 Å². The number of aromatic nitrogens is 2. The Morgan fingerprint density at radius 2 is 2.13 bits per heavy atom. The molecule has 0 radical (unpaired) electrons. The number of amides is 1. The number of hydrogen-bond donors (Lipinski definition) is 1. The van der Waals surface area contributed by atoms with E-state index < -0.39 is 0 Å². The fourth-order valence-electron chi connectivity index (χ4n) is 3.35. The normalized spacial score (nSPS) is 14.4. The van der Waals surface area contributed by atoms with E-state index in [-0.39, 0.29) is 36.4 Å². The Hall–Kier alpha value is -2.21. The van der Waals surface area contributed by atoms with Crippen LogP contribution in [0.15, 0.2) is 29.5 Å². The van der Waals surface area contributed by atoms with E-state index in [4.69, 9.17) is 21.1 Å². The van der Waals surface area contributed by atoms with Crippen LogP contribution in [0.2, 0.25) is 5.02 Å². The molecule has 170 valence electrons. The summed E-state index contributed by atoms with van der Waals surface area (Å²) >= 11 is 6.35. The van der Waals surface area contributed by atoms with E-state index in [2.05, 4.69) is 15.4 Å². The van der Waals surface area contributed by atoms with E-state index in [0.717, 1.165) is 11.3 Å². The second-order valence-corrected chi connectivity index (χ2v) is 7.19. The zero-order valence-corrected chi connectivity index (χ0v) is 21.2. The second-order valence-electron chi connectivity index (χ2n) is 6.78. The van der Waals surface area contributed by atoms with Crippen LogP contribution in [-0.4, -0.2) is 66.9 Å². The summed E-state index contributed by atoms with van der Waals surface area (Å²) in [7, 11) is 5.11. The van der Waals surface area contributed by atoms with Gasteiger partial charge in [-0.3, -0.25) is 14.5 Å². The molecule has 1 aliphatic rings. The Bertz CT molecular complexity index is 936. The summed E-state index contributed by atoms with van der Waals surface area (Å²) in [6, 6.07) is 3.71. The lowest BCUT2D eigenvalue weighted by Gasteiger charge is -2.35. The van der Waals surface area contributed by atoms with Gasteiger partial charge in [-0.2, -0.15) is 5.10 Å². The molecule has 1 amide bonds. The molecular formula is C20H28ClIN6O3. The number of carbonyl (C=O) groups excluding carboxylic acids is 1. The van der Waals surface area contributed by atoms with Gasteiger partial charge in [-0.05, 0) is 24.6 Å². The zero-order chi connectivity index (χ0) is 21.7. The summed E-state index contributed by atoms with van der Waals surface area (Å²) in [5.74, 6) is 1.77. The van der Waals surface area contributed by atoms with Gasteiger partial charge in [0.2, 0.25) is 5.91 Å². The average molecular weight is 563 g/mol. The Labute approximate surface area is 204 Å².